The van der Waals surface area contributed by atoms with Gasteiger partial charge in [0.2, 0.25) is 0 Å². The van der Waals surface area contributed by atoms with Gasteiger partial charge in [-0.25, -0.2) is 0 Å². The lowest BCUT2D eigenvalue weighted by Gasteiger charge is -2.37. The third kappa shape index (κ3) is 3.58. The number of aliphatic hydroxyl groups excluding tert-OH is 1. The van der Waals surface area contributed by atoms with E-state index in [1.54, 1.807) is 23.1 Å². The molecule has 0 aliphatic carbocycles. The van der Waals surface area contributed by atoms with Crippen LogP contribution in [-0.4, -0.2) is 98.4 Å². The fraction of sp³-hybridized carbons (Fsp3) is 0.611. The Hall–Kier alpha value is -1.83. The Morgan fingerprint density at radius 3 is 2.24 bits per heavy atom. The molecule has 3 rings (SSSR count). The quantitative estimate of drug-likeness (QED) is 0.834. The van der Waals surface area contributed by atoms with E-state index in [0.29, 0.717) is 30.2 Å². The van der Waals surface area contributed by atoms with Gasteiger partial charge in [0.05, 0.1) is 26.4 Å². The zero-order valence-corrected chi connectivity index (χ0v) is 15.1. The summed E-state index contributed by atoms with van der Waals surface area (Å²) in [5.41, 5.74) is 0.415. The number of rotatable bonds is 4. The monoisotopic (exact) mass is 349 g/mol. The maximum absolute atomic E-state index is 13.1. The molecule has 1 N–H and O–H groups in total. The van der Waals surface area contributed by atoms with E-state index in [1.807, 2.05) is 0 Å². The molecule has 2 heterocycles. The van der Waals surface area contributed by atoms with Gasteiger partial charge in [0.15, 0.2) is 0 Å². The first kappa shape index (κ1) is 18.0. The second kappa shape index (κ2) is 7.59. The van der Waals surface area contributed by atoms with Crippen molar-refractivity contribution in [2.24, 2.45) is 0 Å². The molecular weight excluding hydrogens is 322 g/mol. The molecule has 2 aliphatic heterocycles. The first-order valence-electron chi connectivity index (χ1n) is 8.66. The Labute approximate surface area is 148 Å². The van der Waals surface area contributed by atoms with Crippen molar-refractivity contribution < 1.29 is 19.4 Å². The minimum absolute atomic E-state index is 0.0154. The summed E-state index contributed by atoms with van der Waals surface area (Å²) >= 11 is 0. The molecule has 2 saturated heterocycles. The van der Waals surface area contributed by atoms with Crippen molar-refractivity contribution in [2.75, 3.05) is 60.5 Å². The smallest absolute Gasteiger partial charge is 0.261 e. The second-order valence-corrected chi connectivity index (χ2v) is 6.72. The number of piperazine rings is 1. The van der Waals surface area contributed by atoms with E-state index in [2.05, 4.69) is 16.8 Å². The standard InChI is InChI=1S/C18H27N3O4/c1-19-7-9-20(10-8-19)13-11-21(12-14(13)22)18(23)17-15(24-2)5-4-6-16(17)25-3/h4-6,13-14,22H,7-12H2,1-3H3/t13-,14-/m0/s1. The molecule has 2 atom stereocenters. The van der Waals surface area contributed by atoms with Crippen LogP contribution in [0, 0.1) is 0 Å². The predicted molar refractivity (Wildman–Crippen MR) is 94.3 cm³/mol. The zero-order valence-electron chi connectivity index (χ0n) is 15.1. The highest BCUT2D eigenvalue weighted by molar-refractivity contribution is 6.00. The molecule has 25 heavy (non-hydrogen) atoms. The number of β-amino-alcohol motifs (C(OH)–C–C–N with tert-alkyl or cyclic N) is 1. The molecule has 0 saturated carbocycles. The molecule has 2 fully saturated rings. The Morgan fingerprint density at radius 2 is 1.68 bits per heavy atom. The summed E-state index contributed by atoms with van der Waals surface area (Å²) in [6, 6.07) is 5.28. The van der Waals surface area contributed by atoms with Gasteiger partial charge in [0, 0.05) is 39.3 Å². The Morgan fingerprint density at radius 1 is 1.08 bits per heavy atom. The Bertz CT molecular complexity index is 594. The average Bonchev–Trinajstić information content (AvgIpc) is 3.02. The number of carbonyl (C=O) groups is 1. The zero-order chi connectivity index (χ0) is 18.0. The lowest BCUT2D eigenvalue weighted by Crippen LogP contribution is -2.52. The van der Waals surface area contributed by atoms with Crippen molar-refractivity contribution in [1.29, 1.82) is 0 Å². The number of hydrogen-bond acceptors (Lipinski definition) is 6. The first-order chi connectivity index (χ1) is 12.0. The molecule has 0 radical (unpaired) electrons. The van der Waals surface area contributed by atoms with Gasteiger partial charge in [-0.2, -0.15) is 0 Å². The van der Waals surface area contributed by atoms with E-state index in [-0.39, 0.29) is 11.9 Å². The van der Waals surface area contributed by atoms with Crippen LogP contribution in [0.1, 0.15) is 10.4 Å². The van der Waals surface area contributed by atoms with Crippen LogP contribution in [0.4, 0.5) is 0 Å². The molecule has 2 aliphatic rings. The molecule has 1 aromatic carbocycles. The van der Waals surface area contributed by atoms with Crippen LogP contribution in [0.3, 0.4) is 0 Å². The topological polar surface area (TPSA) is 65.5 Å². The van der Waals surface area contributed by atoms with Crippen LogP contribution in [0.5, 0.6) is 11.5 Å². The van der Waals surface area contributed by atoms with Gasteiger partial charge >= 0.3 is 0 Å². The minimum Gasteiger partial charge on any atom is -0.496 e. The number of likely N-dealkylation sites (tertiary alicyclic amines) is 1. The first-order valence-corrected chi connectivity index (χ1v) is 8.66. The second-order valence-electron chi connectivity index (χ2n) is 6.72. The van der Waals surface area contributed by atoms with Crippen molar-refractivity contribution in [3.63, 3.8) is 0 Å². The number of ether oxygens (including phenoxy) is 2. The largest absolute Gasteiger partial charge is 0.496 e. The van der Waals surface area contributed by atoms with Crippen molar-refractivity contribution in [3.05, 3.63) is 23.8 Å². The van der Waals surface area contributed by atoms with E-state index < -0.39 is 6.10 Å². The number of likely N-dealkylation sites (N-methyl/N-ethyl adjacent to an activating group) is 1. The maximum Gasteiger partial charge on any atom is 0.261 e. The van der Waals surface area contributed by atoms with Crippen molar-refractivity contribution in [3.8, 4) is 11.5 Å². The molecule has 0 unspecified atom stereocenters. The molecule has 7 nitrogen and oxygen atoms in total. The highest BCUT2D eigenvalue weighted by Crippen LogP contribution is 2.31. The highest BCUT2D eigenvalue weighted by atomic mass is 16.5. The van der Waals surface area contributed by atoms with Crippen LogP contribution < -0.4 is 9.47 Å². The minimum atomic E-state index is -0.534. The number of benzene rings is 1. The summed E-state index contributed by atoms with van der Waals surface area (Å²) in [6.45, 7) is 4.65. The van der Waals surface area contributed by atoms with E-state index in [1.165, 1.54) is 14.2 Å². The fourth-order valence-electron chi connectivity index (χ4n) is 3.67. The number of carbonyl (C=O) groups excluding carboxylic acids is 1. The van der Waals surface area contributed by atoms with Gasteiger partial charge in [0.1, 0.15) is 17.1 Å². The lowest BCUT2D eigenvalue weighted by molar-refractivity contribution is 0.0512. The molecule has 1 amide bonds. The summed E-state index contributed by atoms with van der Waals surface area (Å²) in [5.74, 6) is 0.814. The van der Waals surface area contributed by atoms with Crippen molar-refractivity contribution >= 4 is 5.91 Å². The molecule has 0 bridgehead atoms. The number of nitrogens with zero attached hydrogens (tertiary/aromatic N) is 3. The molecule has 1 aromatic rings. The summed E-state index contributed by atoms with van der Waals surface area (Å²) in [4.78, 5) is 19.3. The molecule has 0 aromatic heterocycles. The highest BCUT2D eigenvalue weighted by Gasteiger charge is 2.39. The van der Waals surface area contributed by atoms with Crippen molar-refractivity contribution in [2.45, 2.75) is 12.1 Å². The van der Waals surface area contributed by atoms with Gasteiger partial charge in [-0.05, 0) is 19.2 Å². The summed E-state index contributed by atoms with van der Waals surface area (Å²) in [6.07, 6.45) is -0.534. The molecule has 0 spiro atoms. The number of hydrogen-bond donors (Lipinski definition) is 1. The van der Waals surface area contributed by atoms with Gasteiger partial charge < -0.3 is 24.4 Å². The molecule has 138 valence electrons. The number of amides is 1. The number of methoxy groups -OCH3 is 2. The average molecular weight is 349 g/mol. The normalized spacial score (nSPS) is 25.2. The van der Waals surface area contributed by atoms with Gasteiger partial charge in [0.25, 0.3) is 5.91 Å². The lowest BCUT2D eigenvalue weighted by atomic mass is 10.1. The van der Waals surface area contributed by atoms with Gasteiger partial charge in [-0.1, -0.05) is 6.07 Å². The van der Waals surface area contributed by atoms with E-state index >= 15 is 0 Å². The molecule has 7 heteroatoms. The van der Waals surface area contributed by atoms with Crippen LogP contribution in [0.25, 0.3) is 0 Å². The van der Waals surface area contributed by atoms with Gasteiger partial charge in [-0.15, -0.1) is 0 Å². The third-order valence-electron chi connectivity index (χ3n) is 5.19. The van der Waals surface area contributed by atoms with Crippen LogP contribution in [0.15, 0.2) is 18.2 Å². The maximum atomic E-state index is 13.1. The van der Waals surface area contributed by atoms with Crippen LogP contribution in [0.2, 0.25) is 0 Å². The van der Waals surface area contributed by atoms with E-state index in [0.717, 1.165) is 26.2 Å². The third-order valence-corrected chi connectivity index (χ3v) is 5.19. The van der Waals surface area contributed by atoms with Crippen molar-refractivity contribution in [1.82, 2.24) is 14.7 Å². The summed E-state index contributed by atoms with van der Waals surface area (Å²) < 4.78 is 10.7. The SMILES string of the molecule is COc1cccc(OC)c1C(=O)N1C[C@H](O)[C@@H](N2CCN(C)CC2)C1. The van der Waals surface area contributed by atoms with Crippen LogP contribution >= 0.6 is 0 Å². The fourth-order valence-corrected chi connectivity index (χ4v) is 3.67. The summed E-state index contributed by atoms with van der Waals surface area (Å²) in [5, 5.41) is 10.5. The Balaban J connectivity index is 1.76. The van der Waals surface area contributed by atoms with E-state index in [4.69, 9.17) is 9.47 Å². The molecular formula is C18H27N3O4. The number of aliphatic hydroxyl groups is 1. The van der Waals surface area contributed by atoms with E-state index in [9.17, 15) is 9.90 Å². The summed E-state index contributed by atoms with van der Waals surface area (Å²) in [7, 11) is 5.18. The Kier molecular flexibility index (Phi) is 5.46. The predicted octanol–water partition coefficient (Wildman–Crippen LogP) is 0.137. The van der Waals surface area contributed by atoms with Gasteiger partial charge in [-0.3, -0.25) is 9.69 Å². The van der Waals surface area contributed by atoms with Crippen LogP contribution in [-0.2, 0) is 0 Å².